The van der Waals surface area contributed by atoms with Crippen LogP contribution in [0.5, 0.6) is 0 Å². The number of thiazole rings is 1. The smallest absolute Gasteiger partial charge is 0.127 e. The molecule has 92 valence electrons. The first-order valence-corrected chi connectivity index (χ1v) is 6.88. The molecule has 1 N–H and O–H groups in total. The van der Waals surface area contributed by atoms with Crippen LogP contribution in [0, 0.1) is 0 Å². The minimum atomic E-state index is 0.923. The maximum atomic E-state index is 5.10. The number of rotatable bonds is 6. The molecule has 0 aliphatic heterocycles. The zero-order valence-corrected chi connectivity index (χ0v) is 11.1. The lowest BCUT2D eigenvalue weighted by molar-refractivity contribution is 0.568. The summed E-state index contributed by atoms with van der Waals surface area (Å²) in [6.07, 6.45) is 5.59. The van der Waals surface area contributed by atoms with Gasteiger partial charge in [-0.3, -0.25) is 0 Å². The summed E-state index contributed by atoms with van der Waals surface area (Å²) in [7, 11) is 0. The van der Waals surface area contributed by atoms with Gasteiger partial charge >= 0.3 is 0 Å². The summed E-state index contributed by atoms with van der Waals surface area (Å²) >= 11 is 1.76. The van der Waals surface area contributed by atoms with Crippen molar-refractivity contribution >= 4 is 11.3 Å². The van der Waals surface area contributed by atoms with E-state index in [4.69, 9.17) is 4.42 Å². The van der Waals surface area contributed by atoms with Crippen LogP contribution in [0.1, 0.15) is 30.8 Å². The zero-order valence-electron chi connectivity index (χ0n) is 10.3. The van der Waals surface area contributed by atoms with E-state index in [0.29, 0.717) is 0 Å². The number of hydrogen-bond donors (Lipinski definition) is 1. The number of nitrogens with zero attached hydrogens (tertiary/aromatic N) is 1. The first-order chi connectivity index (χ1) is 8.35. The van der Waals surface area contributed by atoms with E-state index in [9.17, 15) is 0 Å². The Morgan fingerprint density at radius 3 is 2.94 bits per heavy atom. The number of furan rings is 1. The first kappa shape index (κ1) is 12.3. The molecule has 0 aliphatic rings. The molecule has 0 aromatic carbocycles. The molecule has 0 saturated heterocycles. The van der Waals surface area contributed by atoms with Gasteiger partial charge in [0.15, 0.2) is 0 Å². The molecule has 0 spiro atoms. The van der Waals surface area contributed by atoms with Crippen LogP contribution >= 0.6 is 11.3 Å². The molecule has 0 bridgehead atoms. The van der Waals surface area contributed by atoms with Gasteiger partial charge in [-0.25, -0.2) is 4.98 Å². The maximum absolute atomic E-state index is 5.10. The standard InChI is InChI=1S/C13H18N2OS/c1-3-6-14-8-12-11(4-2)15-13(17-12)10-5-7-16-9-10/h5,7,9,14H,3-4,6,8H2,1-2H3. The maximum Gasteiger partial charge on any atom is 0.127 e. The van der Waals surface area contributed by atoms with Gasteiger partial charge in [0.2, 0.25) is 0 Å². The van der Waals surface area contributed by atoms with Crippen molar-refractivity contribution in [1.82, 2.24) is 10.3 Å². The summed E-state index contributed by atoms with van der Waals surface area (Å²) in [4.78, 5) is 6.01. The summed E-state index contributed by atoms with van der Waals surface area (Å²) in [5, 5.41) is 4.49. The Kier molecular flexibility index (Phi) is 4.34. The number of hydrogen-bond acceptors (Lipinski definition) is 4. The van der Waals surface area contributed by atoms with Crippen molar-refractivity contribution in [2.45, 2.75) is 33.2 Å². The summed E-state index contributed by atoms with van der Waals surface area (Å²) in [6, 6.07) is 1.96. The fraction of sp³-hybridized carbons (Fsp3) is 0.462. The molecule has 0 aliphatic carbocycles. The van der Waals surface area contributed by atoms with Gasteiger partial charge in [0.1, 0.15) is 11.3 Å². The Morgan fingerprint density at radius 2 is 2.29 bits per heavy atom. The molecule has 0 atom stereocenters. The van der Waals surface area contributed by atoms with Crippen molar-refractivity contribution in [2.24, 2.45) is 0 Å². The minimum absolute atomic E-state index is 0.923. The van der Waals surface area contributed by atoms with Crippen LogP contribution < -0.4 is 5.32 Å². The molecular formula is C13H18N2OS. The Labute approximate surface area is 106 Å². The van der Waals surface area contributed by atoms with E-state index in [2.05, 4.69) is 24.1 Å². The Morgan fingerprint density at radius 1 is 1.41 bits per heavy atom. The van der Waals surface area contributed by atoms with E-state index in [1.807, 2.05) is 6.07 Å². The van der Waals surface area contributed by atoms with Crippen LogP contribution in [0.3, 0.4) is 0 Å². The fourth-order valence-electron chi connectivity index (χ4n) is 1.69. The van der Waals surface area contributed by atoms with Gasteiger partial charge < -0.3 is 9.73 Å². The largest absolute Gasteiger partial charge is 0.472 e. The van der Waals surface area contributed by atoms with Gasteiger partial charge in [-0.2, -0.15) is 0 Å². The van der Waals surface area contributed by atoms with Crippen LogP contribution in [0.15, 0.2) is 23.0 Å². The van der Waals surface area contributed by atoms with Crippen LogP contribution in [0.4, 0.5) is 0 Å². The molecule has 2 rings (SSSR count). The Hall–Kier alpha value is -1.13. The molecule has 4 heteroatoms. The summed E-state index contributed by atoms with van der Waals surface area (Å²) in [5.74, 6) is 0. The van der Waals surface area contributed by atoms with E-state index in [0.717, 1.165) is 36.5 Å². The SMILES string of the molecule is CCCNCc1sc(-c2ccoc2)nc1CC. The highest BCUT2D eigenvalue weighted by Crippen LogP contribution is 2.28. The van der Waals surface area contributed by atoms with E-state index in [-0.39, 0.29) is 0 Å². The predicted molar refractivity (Wildman–Crippen MR) is 71.2 cm³/mol. The highest BCUT2D eigenvalue weighted by molar-refractivity contribution is 7.15. The van der Waals surface area contributed by atoms with Gasteiger partial charge in [-0.1, -0.05) is 13.8 Å². The second-order valence-corrected chi connectivity index (χ2v) is 5.01. The highest BCUT2D eigenvalue weighted by Gasteiger charge is 2.11. The topological polar surface area (TPSA) is 38.1 Å². The lowest BCUT2D eigenvalue weighted by Gasteiger charge is -2.01. The van der Waals surface area contributed by atoms with Crippen molar-refractivity contribution in [2.75, 3.05) is 6.54 Å². The Balaban J connectivity index is 2.15. The predicted octanol–water partition coefficient (Wildman–Crippen LogP) is 3.47. The number of aryl methyl sites for hydroxylation is 1. The number of aromatic nitrogens is 1. The first-order valence-electron chi connectivity index (χ1n) is 6.07. The second kappa shape index (κ2) is 5.98. The third-order valence-corrected chi connectivity index (χ3v) is 3.74. The van der Waals surface area contributed by atoms with Crippen LogP contribution in [0.2, 0.25) is 0 Å². The van der Waals surface area contributed by atoms with Crippen molar-refractivity contribution in [1.29, 1.82) is 0 Å². The van der Waals surface area contributed by atoms with E-state index < -0.39 is 0 Å². The van der Waals surface area contributed by atoms with Gasteiger partial charge in [0, 0.05) is 17.0 Å². The van der Waals surface area contributed by atoms with Gasteiger partial charge in [-0.15, -0.1) is 11.3 Å². The van der Waals surface area contributed by atoms with Crippen molar-refractivity contribution in [3.05, 3.63) is 29.2 Å². The molecule has 3 nitrogen and oxygen atoms in total. The molecule has 17 heavy (non-hydrogen) atoms. The molecule has 0 saturated carbocycles. The molecular weight excluding hydrogens is 232 g/mol. The molecule has 2 aromatic heterocycles. The van der Waals surface area contributed by atoms with Crippen LogP contribution in [-0.2, 0) is 13.0 Å². The molecule has 2 heterocycles. The zero-order chi connectivity index (χ0) is 12.1. The van der Waals surface area contributed by atoms with Gasteiger partial charge in [0.05, 0.1) is 12.0 Å². The van der Waals surface area contributed by atoms with E-state index >= 15 is 0 Å². The average Bonchev–Trinajstić information content (AvgIpc) is 2.97. The minimum Gasteiger partial charge on any atom is -0.472 e. The van der Waals surface area contributed by atoms with Crippen molar-refractivity contribution in [3.63, 3.8) is 0 Å². The van der Waals surface area contributed by atoms with Crippen LogP contribution in [-0.4, -0.2) is 11.5 Å². The van der Waals surface area contributed by atoms with E-state index in [1.54, 1.807) is 23.9 Å². The van der Waals surface area contributed by atoms with Gasteiger partial charge in [0.25, 0.3) is 0 Å². The molecule has 2 aromatic rings. The third-order valence-electron chi connectivity index (χ3n) is 2.59. The highest BCUT2D eigenvalue weighted by atomic mass is 32.1. The second-order valence-electron chi connectivity index (χ2n) is 3.93. The molecule has 0 radical (unpaired) electrons. The monoisotopic (exact) mass is 250 g/mol. The van der Waals surface area contributed by atoms with Crippen molar-refractivity contribution in [3.8, 4) is 10.6 Å². The fourth-order valence-corrected chi connectivity index (χ4v) is 2.79. The Bertz CT molecular complexity index is 448. The normalized spacial score (nSPS) is 10.9. The summed E-state index contributed by atoms with van der Waals surface area (Å²) in [6.45, 7) is 6.31. The third kappa shape index (κ3) is 2.96. The van der Waals surface area contributed by atoms with E-state index in [1.165, 1.54) is 10.6 Å². The lowest BCUT2D eigenvalue weighted by atomic mass is 10.3. The molecule has 0 unspecified atom stereocenters. The molecule has 0 fully saturated rings. The van der Waals surface area contributed by atoms with Crippen molar-refractivity contribution < 1.29 is 4.42 Å². The molecule has 0 amide bonds. The lowest BCUT2D eigenvalue weighted by Crippen LogP contribution is -2.13. The quantitative estimate of drug-likeness (QED) is 0.798. The number of nitrogens with one attached hydrogen (secondary N) is 1. The summed E-state index contributed by atoms with van der Waals surface area (Å²) in [5.41, 5.74) is 2.28. The average molecular weight is 250 g/mol. The van der Waals surface area contributed by atoms with Crippen LogP contribution in [0.25, 0.3) is 10.6 Å². The summed E-state index contributed by atoms with van der Waals surface area (Å²) < 4.78 is 5.10. The van der Waals surface area contributed by atoms with Gasteiger partial charge in [-0.05, 0) is 25.5 Å².